The minimum Gasteiger partial charge on any atom is -0.335 e. The van der Waals surface area contributed by atoms with E-state index >= 15 is 0 Å². The molecule has 1 amide bonds. The molecule has 0 saturated heterocycles. The molecule has 1 heterocycles. The topological polar surface area (TPSA) is 94.2 Å². The van der Waals surface area contributed by atoms with Gasteiger partial charge in [0, 0.05) is 23.7 Å². The first-order chi connectivity index (χ1) is 12.9. The van der Waals surface area contributed by atoms with E-state index in [9.17, 15) is 14.9 Å². The van der Waals surface area contributed by atoms with E-state index in [4.69, 9.17) is 11.6 Å². The Morgan fingerprint density at radius 1 is 1.26 bits per heavy atom. The zero-order valence-corrected chi connectivity index (χ0v) is 15.4. The van der Waals surface area contributed by atoms with Crippen LogP contribution in [0.4, 0.5) is 5.69 Å². The lowest BCUT2D eigenvalue weighted by molar-refractivity contribution is -0.384. The summed E-state index contributed by atoms with van der Waals surface area (Å²) in [5, 5.41) is 16.0. The lowest BCUT2D eigenvalue weighted by Gasteiger charge is -2.25. The van der Waals surface area contributed by atoms with Gasteiger partial charge in [0.05, 0.1) is 11.0 Å². The number of nitro groups is 1. The van der Waals surface area contributed by atoms with Crippen LogP contribution in [0.1, 0.15) is 28.9 Å². The zero-order valence-electron chi connectivity index (χ0n) is 14.6. The second kappa shape index (κ2) is 7.55. The van der Waals surface area contributed by atoms with Gasteiger partial charge in [0.25, 0.3) is 11.6 Å². The molecule has 0 N–H and O–H groups in total. The SMILES string of the molecule is CC(c1ccc(Cl)cc1)N(C)C(=O)c1ccc(-n2cncn2)c([N+](=O)[O-])c1. The van der Waals surface area contributed by atoms with Crippen molar-refractivity contribution in [3.63, 3.8) is 0 Å². The molecule has 0 bridgehead atoms. The summed E-state index contributed by atoms with van der Waals surface area (Å²) in [4.78, 5) is 29.1. The number of rotatable bonds is 5. The van der Waals surface area contributed by atoms with E-state index < -0.39 is 4.92 Å². The first-order valence-electron chi connectivity index (χ1n) is 8.04. The van der Waals surface area contributed by atoms with Crippen LogP contribution in [0.2, 0.25) is 5.02 Å². The summed E-state index contributed by atoms with van der Waals surface area (Å²) in [5.74, 6) is -0.328. The van der Waals surface area contributed by atoms with Gasteiger partial charge in [0.15, 0.2) is 0 Å². The van der Waals surface area contributed by atoms with Crippen LogP contribution in [0.25, 0.3) is 5.69 Å². The Bertz CT molecular complexity index is 973. The molecule has 0 radical (unpaired) electrons. The molecular weight excluding hydrogens is 370 g/mol. The molecular formula is C18H16ClN5O3. The summed E-state index contributed by atoms with van der Waals surface area (Å²) in [6.07, 6.45) is 2.64. The van der Waals surface area contributed by atoms with E-state index in [1.54, 1.807) is 19.2 Å². The highest BCUT2D eigenvalue weighted by molar-refractivity contribution is 6.30. The maximum atomic E-state index is 12.8. The van der Waals surface area contributed by atoms with Crippen molar-refractivity contribution in [2.24, 2.45) is 0 Å². The monoisotopic (exact) mass is 385 g/mol. The maximum absolute atomic E-state index is 12.8. The van der Waals surface area contributed by atoms with Crippen LogP contribution in [0.3, 0.4) is 0 Å². The number of carbonyl (C=O) groups is 1. The number of amides is 1. The number of aromatic nitrogens is 3. The number of nitro benzene ring substituents is 1. The molecule has 2 aromatic carbocycles. The van der Waals surface area contributed by atoms with Crippen molar-refractivity contribution < 1.29 is 9.72 Å². The molecule has 0 fully saturated rings. The summed E-state index contributed by atoms with van der Waals surface area (Å²) < 4.78 is 1.28. The molecule has 27 heavy (non-hydrogen) atoms. The van der Waals surface area contributed by atoms with Crippen LogP contribution in [0, 0.1) is 10.1 Å². The fraction of sp³-hybridized carbons (Fsp3) is 0.167. The molecule has 1 aromatic heterocycles. The predicted molar refractivity (Wildman–Crippen MR) is 100.0 cm³/mol. The summed E-state index contributed by atoms with van der Waals surface area (Å²) in [6, 6.07) is 11.2. The molecule has 0 aliphatic heterocycles. The molecule has 138 valence electrons. The summed E-state index contributed by atoms with van der Waals surface area (Å²) in [6.45, 7) is 1.87. The molecule has 0 spiro atoms. The van der Waals surface area contributed by atoms with Crippen molar-refractivity contribution in [3.05, 3.63) is 81.4 Å². The molecule has 0 aliphatic rings. The van der Waals surface area contributed by atoms with Crippen molar-refractivity contribution in [1.29, 1.82) is 0 Å². The Morgan fingerprint density at radius 2 is 1.96 bits per heavy atom. The number of hydrogen-bond acceptors (Lipinski definition) is 5. The van der Waals surface area contributed by atoms with Gasteiger partial charge in [0.1, 0.15) is 18.3 Å². The Morgan fingerprint density at radius 3 is 2.56 bits per heavy atom. The predicted octanol–water partition coefficient (Wildman–Crippen LogP) is 3.66. The Labute approximate surface area is 160 Å². The van der Waals surface area contributed by atoms with Gasteiger partial charge in [-0.1, -0.05) is 23.7 Å². The quantitative estimate of drug-likeness (QED) is 0.493. The van der Waals surface area contributed by atoms with Crippen LogP contribution in [0.15, 0.2) is 55.1 Å². The van der Waals surface area contributed by atoms with Gasteiger partial charge in [0.2, 0.25) is 0 Å². The minimum absolute atomic E-state index is 0.217. The van der Waals surface area contributed by atoms with Gasteiger partial charge >= 0.3 is 0 Å². The first-order valence-corrected chi connectivity index (χ1v) is 8.42. The average molecular weight is 386 g/mol. The lowest BCUT2D eigenvalue weighted by atomic mass is 10.1. The van der Waals surface area contributed by atoms with E-state index in [-0.39, 0.29) is 28.9 Å². The summed E-state index contributed by atoms with van der Waals surface area (Å²) in [7, 11) is 1.65. The number of hydrogen-bond donors (Lipinski definition) is 0. The van der Waals surface area contributed by atoms with Gasteiger partial charge in [-0.2, -0.15) is 5.10 Å². The summed E-state index contributed by atoms with van der Waals surface area (Å²) in [5.41, 5.74) is 1.14. The minimum atomic E-state index is -0.545. The molecule has 9 heteroatoms. The highest BCUT2D eigenvalue weighted by Gasteiger charge is 2.23. The number of carbonyl (C=O) groups excluding carboxylic acids is 1. The third kappa shape index (κ3) is 3.80. The maximum Gasteiger partial charge on any atom is 0.295 e. The van der Waals surface area contributed by atoms with Gasteiger partial charge in [-0.25, -0.2) is 9.67 Å². The molecule has 1 unspecified atom stereocenters. The second-order valence-corrected chi connectivity index (χ2v) is 6.38. The normalized spacial score (nSPS) is 11.8. The van der Waals surface area contributed by atoms with Crippen LogP contribution in [-0.4, -0.2) is 37.5 Å². The fourth-order valence-electron chi connectivity index (χ4n) is 2.67. The van der Waals surface area contributed by atoms with Gasteiger partial charge < -0.3 is 4.90 Å². The third-order valence-electron chi connectivity index (χ3n) is 4.34. The van der Waals surface area contributed by atoms with Crippen molar-refractivity contribution in [2.45, 2.75) is 13.0 Å². The smallest absolute Gasteiger partial charge is 0.295 e. The van der Waals surface area contributed by atoms with Gasteiger partial charge in [-0.05, 0) is 36.8 Å². The highest BCUT2D eigenvalue weighted by atomic mass is 35.5. The highest BCUT2D eigenvalue weighted by Crippen LogP contribution is 2.27. The lowest BCUT2D eigenvalue weighted by Crippen LogP contribution is -2.29. The van der Waals surface area contributed by atoms with Crippen molar-refractivity contribution >= 4 is 23.2 Å². The van der Waals surface area contributed by atoms with Gasteiger partial charge in [-0.15, -0.1) is 0 Å². The van der Waals surface area contributed by atoms with E-state index in [0.717, 1.165) is 5.56 Å². The molecule has 0 saturated carbocycles. The van der Waals surface area contributed by atoms with Gasteiger partial charge in [-0.3, -0.25) is 14.9 Å². The Balaban J connectivity index is 1.91. The van der Waals surface area contributed by atoms with E-state index in [1.807, 2.05) is 19.1 Å². The van der Waals surface area contributed by atoms with Crippen molar-refractivity contribution in [2.75, 3.05) is 7.05 Å². The van der Waals surface area contributed by atoms with Crippen molar-refractivity contribution in [3.8, 4) is 5.69 Å². The van der Waals surface area contributed by atoms with Crippen LogP contribution in [0.5, 0.6) is 0 Å². The third-order valence-corrected chi connectivity index (χ3v) is 4.59. The van der Waals surface area contributed by atoms with Crippen LogP contribution in [-0.2, 0) is 0 Å². The molecule has 3 rings (SSSR count). The molecule has 0 aliphatic carbocycles. The Hall–Kier alpha value is -3.26. The number of benzene rings is 2. The van der Waals surface area contributed by atoms with E-state index in [1.165, 1.54) is 40.4 Å². The average Bonchev–Trinajstić information content (AvgIpc) is 3.21. The zero-order chi connectivity index (χ0) is 19.6. The number of nitrogens with zero attached hydrogens (tertiary/aromatic N) is 5. The van der Waals surface area contributed by atoms with E-state index in [0.29, 0.717) is 5.02 Å². The number of halogens is 1. The summed E-state index contributed by atoms with van der Waals surface area (Å²) >= 11 is 5.90. The molecule has 3 aromatic rings. The van der Waals surface area contributed by atoms with E-state index in [2.05, 4.69) is 10.1 Å². The molecule has 1 atom stereocenters. The Kier molecular flexibility index (Phi) is 5.18. The standard InChI is InChI=1S/C18H16ClN5O3/c1-12(13-3-6-15(19)7-4-13)22(2)18(25)14-5-8-16(17(9-14)24(26)27)23-11-20-10-21-23/h3-12H,1-2H3. The largest absolute Gasteiger partial charge is 0.335 e. The van der Waals surface area contributed by atoms with Crippen LogP contribution < -0.4 is 0 Å². The second-order valence-electron chi connectivity index (χ2n) is 5.94. The molecule has 8 nitrogen and oxygen atoms in total. The van der Waals surface area contributed by atoms with Crippen molar-refractivity contribution in [1.82, 2.24) is 19.7 Å². The fourth-order valence-corrected chi connectivity index (χ4v) is 2.80. The first kappa shape index (κ1) is 18.5. The van der Waals surface area contributed by atoms with Crippen LogP contribution >= 0.6 is 11.6 Å².